The van der Waals surface area contributed by atoms with Gasteiger partial charge in [-0.25, -0.2) is 27.2 Å². The highest BCUT2D eigenvalue weighted by molar-refractivity contribution is 5.95. The molecule has 0 unspecified atom stereocenters. The number of carbonyl (C=O) groups is 2. The second-order valence-corrected chi connectivity index (χ2v) is 8.57. The van der Waals surface area contributed by atoms with Gasteiger partial charge in [-0.1, -0.05) is 0 Å². The van der Waals surface area contributed by atoms with Gasteiger partial charge in [0.05, 0.1) is 28.9 Å². The van der Waals surface area contributed by atoms with Gasteiger partial charge in [-0.15, -0.1) is 0 Å². The number of nitrogens with zero attached hydrogens (tertiary/aromatic N) is 1. The van der Waals surface area contributed by atoms with Crippen LogP contribution in [0, 0.1) is 30.2 Å². The van der Waals surface area contributed by atoms with Crippen molar-refractivity contribution in [2.24, 2.45) is 0 Å². The summed E-state index contributed by atoms with van der Waals surface area (Å²) < 4.78 is 68.9. The highest BCUT2D eigenvalue weighted by atomic mass is 19.2. The highest BCUT2D eigenvalue weighted by Crippen LogP contribution is 2.29. The number of benzene rings is 2. The number of hydrogen-bond acceptors (Lipinski definition) is 5. The number of aryl methyl sites for hydroxylation is 1. The van der Waals surface area contributed by atoms with Crippen LogP contribution in [0.4, 0.5) is 28.0 Å². The van der Waals surface area contributed by atoms with Crippen LogP contribution in [0.15, 0.2) is 29.2 Å². The predicted octanol–water partition coefficient (Wildman–Crippen LogP) is 5.38. The zero-order valence-electron chi connectivity index (χ0n) is 19.5. The smallest absolute Gasteiger partial charge is 0.412 e. The molecule has 3 rings (SSSR count). The summed E-state index contributed by atoms with van der Waals surface area (Å²) in [4.78, 5) is 37.4. The molecule has 0 aliphatic heterocycles. The fourth-order valence-corrected chi connectivity index (χ4v) is 3.40. The maximum Gasteiger partial charge on any atom is 0.412 e. The lowest BCUT2D eigenvalue weighted by molar-refractivity contribution is 0.0523. The molecule has 1 amide bonds. The van der Waals surface area contributed by atoms with Gasteiger partial charge in [0.15, 0.2) is 11.6 Å². The number of nitrogens with one attached hydrogen (secondary N) is 1. The van der Waals surface area contributed by atoms with Gasteiger partial charge in [-0.05, 0) is 46.8 Å². The van der Waals surface area contributed by atoms with Gasteiger partial charge in [0.2, 0.25) is 5.43 Å². The molecule has 0 atom stereocenters. The minimum atomic E-state index is -1.36. The topological polar surface area (TPSA) is 86.6 Å². The molecule has 0 saturated carbocycles. The van der Waals surface area contributed by atoms with Crippen LogP contribution in [-0.4, -0.2) is 28.8 Å². The zero-order valence-corrected chi connectivity index (χ0v) is 19.5. The second-order valence-electron chi connectivity index (χ2n) is 8.57. The molecule has 11 heteroatoms. The quantitative estimate of drug-likeness (QED) is 0.389. The summed E-state index contributed by atoms with van der Waals surface area (Å²) in [6.45, 7) is 7.30. The zero-order chi connectivity index (χ0) is 26.2. The van der Waals surface area contributed by atoms with Crippen molar-refractivity contribution in [2.45, 2.75) is 40.2 Å². The summed E-state index contributed by atoms with van der Waals surface area (Å²) in [6, 6.07) is 1.90. The number of esters is 1. The number of rotatable bonds is 4. The summed E-state index contributed by atoms with van der Waals surface area (Å²) in [5.74, 6) is -6.07. The van der Waals surface area contributed by atoms with Crippen molar-refractivity contribution in [1.82, 2.24) is 4.57 Å². The number of amides is 1. The maximum absolute atomic E-state index is 15.0. The van der Waals surface area contributed by atoms with Crippen LogP contribution >= 0.6 is 0 Å². The molecular weight excluding hydrogens is 472 g/mol. The number of halogens is 4. The predicted molar refractivity (Wildman–Crippen MR) is 120 cm³/mol. The lowest BCUT2D eigenvalue weighted by Crippen LogP contribution is -2.27. The minimum absolute atomic E-state index is 0.0953. The Balaban J connectivity index is 2.34. The molecule has 7 nitrogen and oxygen atoms in total. The second kappa shape index (κ2) is 9.40. The van der Waals surface area contributed by atoms with Gasteiger partial charge in [-0.3, -0.25) is 10.1 Å². The Morgan fingerprint density at radius 3 is 2.29 bits per heavy atom. The molecule has 0 aliphatic carbocycles. The van der Waals surface area contributed by atoms with Crippen molar-refractivity contribution >= 4 is 28.7 Å². The molecule has 186 valence electrons. The first-order valence-electron chi connectivity index (χ1n) is 10.5. The van der Waals surface area contributed by atoms with E-state index < -0.39 is 68.7 Å². The van der Waals surface area contributed by atoms with Gasteiger partial charge in [0.1, 0.15) is 22.8 Å². The Kier molecular flexibility index (Phi) is 6.91. The van der Waals surface area contributed by atoms with Crippen LogP contribution in [0.2, 0.25) is 0 Å². The average molecular weight is 494 g/mol. The molecule has 1 aromatic heterocycles. The molecule has 1 heterocycles. The largest absolute Gasteiger partial charge is 0.462 e. The fraction of sp³-hybridized carbons (Fsp3) is 0.292. The van der Waals surface area contributed by atoms with E-state index in [0.717, 1.165) is 23.8 Å². The monoisotopic (exact) mass is 494 g/mol. The summed E-state index contributed by atoms with van der Waals surface area (Å²) in [5, 5.41) is 1.72. The van der Waals surface area contributed by atoms with Crippen LogP contribution in [0.25, 0.3) is 16.6 Å². The summed E-state index contributed by atoms with van der Waals surface area (Å²) in [5.41, 5.74) is -4.07. The lowest BCUT2D eigenvalue weighted by atomic mass is 10.1. The van der Waals surface area contributed by atoms with E-state index in [2.05, 4.69) is 5.32 Å². The van der Waals surface area contributed by atoms with Crippen molar-refractivity contribution in [3.8, 4) is 5.69 Å². The van der Waals surface area contributed by atoms with Crippen molar-refractivity contribution in [2.75, 3.05) is 11.9 Å². The maximum atomic E-state index is 15.0. The number of fused-ring (bicyclic) bond motifs is 1. The molecule has 3 aromatic rings. The number of anilines is 1. The Hall–Kier alpha value is -3.89. The van der Waals surface area contributed by atoms with Crippen molar-refractivity contribution in [3.05, 3.63) is 69.0 Å². The molecule has 0 saturated heterocycles. The first-order chi connectivity index (χ1) is 16.2. The lowest BCUT2D eigenvalue weighted by Gasteiger charge is -2.21. The van der Waals surface area contributed by atoms with Crippen LogP contribution in [0.5, 0.6) is 0 Å². The van der Waals surface area contributed by atoms with E-state index >= 15 is 0 Å². The van der Waals surface area contributed by atoms with Gasteiger partial charge in [0.25, 0.3) is 0 Å². The van der Waals surface area contributed by atoms with Gasteiger partial charge in [-0.2, -0.15) is 0 Å². The van der Waals surface area contributed by atoms with E-state index in [4.69, 9.17) is 9.47 Å². The minimum Gasteiger partial charge on any atom is -0.462 e. The van der Waals surface area contributed by atoms with E-state index in [-0.39, 0.29) is 17.7 Å². The molecule has 0 spiro atoms. The third-order valence-electron chi connectivity index (χ3n) is 4.84. The number of carbonyl (C=O) groups excluding carboxylic acids is 2. The molecule has 2 aromatic carbocycles. The van der Waals surface area contributed by atoms with E-state index in [1.54, 1.807) is 20.8 Å². The fourth-order valence-electron chi connectivity index (χ4n) is 3.40. The Morgan fingerprint density at radius 2 is 1.69 bits per heavy atom. The van der Waals surface area contributed by atoms with E-state index in [1.807, 2.05) is 0 Å². The standard InChI is InChI=1S/C24H22F4N2O5/c1-6-34-22(32)13-10-30(20-11(2)19(28)16(27)7-12(20)21(13)31)18-9-17(14(25)8-15(18)26)29-23(33)35-24(3,4)5/h7-10H,6H2,1-5H3,(H,29,33). The molecule has 0 fully saturated rings. The number of hydrogen-bond donors (Lipinski definition) is 1. The van der Waals surface area contributed by atoms with Crippen LogP contribution in [-0.2, 0) is 9.47 Å². The summed E-state index contributed by atoms with van der Waals surface area (Å²) >= 11 is 0. The third kappa shape index (κ3) is 5.13. The summed E-state index contributed by atoms with van der Waals surface area (Å²) in [7, 11) is 0. The van der Waals surface area contributed by atoms with Crippen molar-refractivity contribution < 1.29 is 36.6 Å². The average Bonchev–Trinajstić information content (AvgIpc) is 2.73. The van der Waals surface area contributed by atoms with E-state index in [0.29, 0.717) is 12.1 Å². The Bertz CT molecular complexity index is 1410. The highest BCUT2D eigenvalue weighted by Gasteiger charge is 2.24. The number of pyridine rings is 1. The Morgan fingerprint density at radius 1 is 1.03 bits per heavy atom. The first-order valence-corrected chi connectivity index (χ1v) is 10.5. The van der Waals surface area contributed by atoms with Gasteiger partial charge < -0.3 is 14.0 Å². The van der Waals surface area contributed by atoms with Crippen LogP contribution in [0.3, 0.4) is 0 Å². The molecule has 1 N–H and O–H groups in total. The van der Waals surface area contributed by atoms with Crippen molar-refractivity contribution in [3.63, 3.8) is 0 Å². The van der Waals surface area contributed by atoms with Gasteiger partial charge in [0, 0.05) is 17.8 Å². The molecule has 0 bridgehead atoms. The van der Waals surface area contributed by atoms with Crippen LogP contribution in [0.1, 0.15) is 43.6 Å². The molecular formula is C24H22F4N2O5. The number of aromatic nitrogens is 1. The first kappa shape index (κ1) is 25.7. The SMILES string of the molecule is CCOC(=O)c1cn(-c2cc(NC(=O)OC(C)(C)C)c(F)cc2F)c2c(C)c(F)c(F)cc2c1=O. The molecule has 0 radical (unpaired) electrons. The van der Waals surface area contributed by atoms with Crippen molar-refractivity contribution in [1.29, 1.82) is 0 Å². The summed E-state index contributed by atoms with van der Waals surface area (Å²) in [6.07, 6.45) is -0.143. The number of ether oxygens (including phenoxy) is 2. The van der Waals surface area contributed by atoms with E-state index in [1.165, 1.54) is 6.92 Å². The third-order valence-corrected chi connectivity index (χ3v) is 4.84. The van der Waals surface area contributed by atoms with E-state index in [9.17, 15) is 31.9 Å². The molecule has 35 heavy (non-hydrogen) atoms. The van der Waals surface area contributed by atoms with Gasteiger partial charge >= 0.3 is 12.1 Å². The van der Waals surface area contributed by atoms with Crippen LogP contribution < -0.4 is 10.7 Å². The Labute approximate surface area is 197 Å². The molecule has 0 aliphatic rings. The normalized spacial score (nSPS) is 11.5.